The molecule has 0 aliphatic carbocycles. The predicted molar refractivity (Wildman–Crippen MR) is 78.7 cm³/mol. The van der Waals surface area contributed by atoms with Crippen molar-refractivity contribution in [1.29, 1.82) is 0 Å². The van der Waals surface area contributed by atoms with Gasteiger partial charge in [-0.3, -0.25) is 0 Å². The van der Waals surface area contributed by atoms with Gasteiger partial charge >= 0.3 is 0 Å². The van der Waals surface area contributed by atoms with Crippen molar-refractivity contribution in [3.63, 3.8) is 0 Å². The van der Waals surface area contributed by atoms with Crippen LogP contribution in [0.25, 0.3) is 11.0 Å². The summed E-state index contributed by atoms with van der Waals surface area (Å²) >= 11 is 6.09. The summed E-state index contributed by atoms with van der Waals surface area (Å²) in [7, 11) is 0. The molecule has 0 fully saturated rings. The fourth-order valence-electron chi connectivity index (χ4n) is 1.80. The van der Waals surface area contributed by atoms with Gasteiger partial charge in [0.1, 0.15) is 0 Å². The number of nitrogens with two attached hydrogens (primary N) is 1. The molecule has 0 bridgehead atoms. The zero-order valence-electron chi connectivity index (χ0n) is 9.97. The molecule has 94 valence electrons. The highest BCUT2D eigenvalue weighted by Crippen LogP contribution is 2.27. The van der Waals surface area contributed by atoms with Gasteiger partial charge in [-0.1, -0.05) is 35.9 Å². The Kier molecular flexibility index (Phi) is 2.93. The average Bonchev–Trinajstić information content (AvgIpc) is 2.42. The number of anilines is 3. The molecule has 0 unspecified atom stereocenters. The molecular weight excluding hydrogens is 260 g/mol. The van der Waals surface area contributed by atoms with Crippen molar-refractivity contribution in [1.82, 2.24) is 9.97 Å². The second kappa shape index (κ2) is 4.74. The number of rotatable bonds is 2. The minimum Gasteiger partial charge on any atom is -0.381 e. The summed E-state index contributed by atoms with van der Waals surface area (Å²) in [5.41, 5.74) is 8.21. The van der Waals surface area contributed by atoms with Crippen LogP contribution >= 0.6 is 11.6 Å². The molecule has 19 heavy (non-hydrogen) atoms. The Hall–Kier alpha value is -2.33. The number of aromatic nitrogens is 2. The van der Waals surface area contributed by atoms with Gasteiger partial charge in [-0.25, -0.2) is 9.97 Å². The molecule has 0 atom stereocenters. The molecule has 5 heteroatoms. The van der Waals surface area contributed by atoms with Crippen LogP contribution in [-0.4, -0.2) is 9.97 Å². The first-order valence-electron chi connectivity index (χ1n) is 5.78. The van der Waals surface area contributed by atoms with Gasteiger partial charge in [0.05, 0.1) is 21.7 Å². The first-order valence-corrected chi connectivity index (χ1v) is 6.15. The van der Waals surface area contributed by atoms with Crippen molar-refractivity contribution in [2.45, 2.75) is 0 Å². The summed E-state index contributed by atoms with van der Waals surface area (Å²) in [5, 5.41) is 3.71. The van der Waals surface area contributed by atoms with E-state index in [0.717, 1.165) is 16.7 Å². The molecule has 3 rings (SSSR count). The van der Waals surface area contributed by atoms with E-state index >= 15 is 0 Å². The summed E-state index contributed by atoms with van der Waals surface area (Å²) in [6.45, 7) is 0. The first-order chi connectivity index (χ1) is 9.24. The standard InChI is InChI=1S/C14H11ClN4/c15-9-5-1-2-6-10(9)18-14-13(16)17-11-7-3-4-8-12(11)19-14/h1-8H,(H2,16,17)(H,18,19). The van der Waals surface area contributed by atoms with E-state index in [-0.39, 0.29) is 0 Å². The lowest BCUT2D eigenvalue weighted by Crippen LogP contribution is -2.02. The Morgan fingerprint density at radius 1 is 0.895 bits per heavy atom. The number of nitrogen functional groups attached to an aromatic ring is 1. The molecule has 0 aliphatic rings. The molecule has 4 nitrogen and oxygen atoms in total. The van der Waals surface area contributed by atoms with E-state index in [4.69, 9.17) is 17.3 Å². The molecule has 0 amide bonds. The third-order valence-corrected chi connectivity index (χ3v) is 3.05. The minimum absolute atomic E-state index is 0.346. The van der Waals surface area contributed by atoms with Crippen LogP contribution in [0, 0.1) is 0 Å². The SMILES string of the molecule is Nc1nc2ccccc2nc1Nc1ccccc1Cl. The van der Waals surface area contributed by atoms with Gasteiger partial charge in [-0.05, 0) is 24.3 Å². The van der Waals surface area contributed by atoms with Crippen molar-refractivity contribution in [3.05, 3.63) is 53.6 Å². The molecular formula is C14H11ClN4. The molecule has 1 heterocycles. The Balaban J connectivity index is 2.06. The van der Waals surface area contributed by atoms with Crippen molar-refractivity contribution in [2.75, 3.05) is 11.1 Å². The molecule has 0 spiro atoms. The molecule has 0 aliphatic heterocycles. The highest BCUT2D eigenvalue weighted by Gasteiger charge is 2.07. The van der Waals surface area contributed by atoms with E-state index in [1.54, 1.807) is 6.07 Å². The normalized spacial score (nSPS) is 10.6. The summed E-state index contributed by atoms with van der Waals surface area (Å²) in [5.74, 6) is 0.852. The Labute approximate surface area is 115 Å². The van der Waals surface area contributed by atoms with Gasteiger partial charge in [-0.2, -0.15) is 0 Å². The summed E-state index contributed by atoms with van der Waals surface area (Å²) in [6, 6.07) is 15.0. The van der Waals surface area contributed by atoms with Crippen LogP contribution in [0.1, 0.15) is 0 Å². The van der Waals surface area contributed by atoms with Crippen LogP contribution in [0.2, 0.25) is 5.02 Å². The van der Waals surface area contributed by atoms with Crippen LogP contribution in [0.5, 0.6) is 0 Å². The maximum Gasteiger partial charge on any atom is 0.174 e. The Bertz CT molecular complexity index is 742. The number of halogens is 1. The van der Waals surface area contributed by atoms with E-state index in [0.29, 0.717) is 16.7 Å². The van der Waals surface area contributed by atoms with Gasteiger partial charge in [0.2, 0.25) is 0 Å². The maximum atomic E-state index is 6.09. The van der Waals surface area contributed by atoms with E-state index < -0.39 is 0 Å². The van der Waals surface area contributed by atoms with Gasteiger partial charge in [0.15, 0.2) is 11.6 Å². The summed E-state index contributed by atoms with van der Waals surface area (Å²) in [6.07, 6.45) is 0. The lowest BCUT2D eigenvalue weighted by atomic mass is 10.3. The van der Waals surface area contributed by atoms with Gasteiger partial charge in [-0.15, -0.1) is 0 Å². The highest BCUT2D eigenvalue weighted by atomic mass is 35.5. The fraction of sp³-hybridized carbons (Fsp3) is 0. The number of benzene rings is 2. The third-order valence-electron chi connectivity index (χ3n) is 2.72. The third kappa shape index (κ3) is 2.30. The van der Waals surface area contributed by atoms with E-state index in [1.165, 1.54) is 0 Å². The molecule has 0 saturated heterocycles. The van der Waals surface area contributed by atoms with Crippen LogP contribution < -0.4 is 11.1 Å². The largest absolute Gasteiger partial charge is 0.381 e. The average molecular weight is 271 g/mol. The van der Waals surface area contributed by atoms with E-state index in [9.17, 15) is 0 Å². The molecule has 2 aromatic carbocycles. The molecule has 3 aromatic rings. The number of nitrogens with zero attached hydrogens (tertiary/aromatic N) is 2. The Morgan fingerprint density at radius 3 is 2.26 bits per heavy atom. The van der Waals surface area contributed by atoms with Crippen LogP contribution in [0.15, 0.2) is 48.5 Å². The lowest BCUT2D eigenvalue weighted by Gasteiger charge is -2.10. The molecule has 0 radical (unpaired) electrons. The lowest BCUT2D eigenvalue weighted by molar-refractivity contribution is 1.29. The number of para-hydroxylation sites is 3. The zero-order chi connectivity index (χ0) is 13.2. The summed E-state index contributed by atoms with van der Waals surface area (Å²) < 4.78 is 0. The topological polar surface area (TPSA) is 63.8 Å². The number of nitrogens with one attached hydrogen (secondary N) is 1. The van der Waals surface area contributed by atoms with E-state index in [2.05, 4.69) is 15.3 Å². The quantitative estimate of drug-likeness (QED) is 0.747. The van der Waals surface area contributed by atoms with Crippen LogP contribution in [0.4, 0.5) is 17.3 Å². The second-order valence-electron chi connectivity index (χ2n) is 4.05. The van der Waals surface area contributed by atoms with Gasteiger partial charge < -0.3 is 11.1 Å². The monoisotopic (exact) mass is 270 g/mol. The molecule has 3 N–H and O–H groups in total. The van der Waals surface area contributed by atoms with Crippen LogP contribution in [-0.2, 0) is 0 Å². The predicted octanol–water partition coefficient (Wildman–Crippen LogP) is 3.61. The van der Waals surface area contributed by atoms with Crippen LogP contribution in [0.3, 0.4) is 0 Å². The summed E-state index contributed by atoms with van der Waals surface area (Å²) in [4.78, 5) is 8.77. The molecule has 0 saturated carbocycles. The second-order valence-corrected chi connectivity index (χ2v) is 4.46. The van der Waals surface area contributed by atoms with Gasteiger partial charge in [0.25, 0.3) is 0 Å². The zero-order valence-corrected chi connectivity index (χ0v) is 10.7. The highest BCUT2D eigenvalue weighted by molar-refractivity contribution is 6.33. The van der Waals surface area contributed by atoms with Crippen molar-refractivity contribution in [3.8, 4) is 0 Å². The van der Waals surface area contributed by atoms with Crippen molar-refractivity contribution >= 4 is 40.0 Å². The first kappa shape index (κ1) is 11.7. The van der Waals surface area contributed by atoms with Crippen molar-refractivity contribution < 1.29 is 0 Å². The van der Waals surface area contributed by atoms with Gasteiger partial charge in [0, 0.05) is 0 Å². The maximum absolute atomic E-state index is 6.09. The number of hydrogen-bond donors (Lipinski definition) is 2. The number of hydrogen-bond acceptors (Lipinski definition) is 4. The molecule has 1 aromatic heterocycles. The number of fused-ring (bicyclic) bond motifs is 1. The van der Waals surface area contributed by atoms with Crippen molar-refractivity contribution in [2.24, 2.45) is 0 Å². The minimum atomic E-state index is 0.346. The fourth-order valence-corrected chi connectivity index (χ4v) is 1.98. The smallest absolute Gasteiger partial charge is 0.174 e. The Morgan fingerprint density at radius 2 is 1.53 bits per heavy atom. The van der Waals surface area contributed by atoms with E-state index in [1.807, 2.05) is 42.5 Å².